The van der Waals surface area contributed by atoms with Crippen LogP contribution >= 0.6 is 0 Å². The lowest BCUT2D eigenvalue weighted by molar-refractivity contribution is -0.308. The van der Waals surface area contributed by atoms with Crippen molar-refractivity contribution in [3.63, 3.8) is 0 Å². The van der Waals surface area contributed by atoms with E-state index in [0.717, 1.165) is 43.0 Å². The van der Waals surface area contributed by atoms with E-state index in [0.29, 0.717) is 19.4 Å². The first-order valence-corrected chi connectivity index (χ1v) is 15.1. The third kappa shape index (κ3) is 9.04. The third-order valence-electron chi connectivity index (χ3n) is 7.41. The smallest absolute Gasteiger partial charge is 0.407 e. The van der Waals surface area contributed by atoms with E-state index in [1.165, 1.54) is 6.92 Å². The zero-order valence-electron chi connectivity index (χ0n) is 26.2. The van der Waals surface area contributed by atoms with Gasteiger partial charge < -0.3 is 38.5 Å². The second-order valence-corrected chi connectivity index (χ2v) is 10.9. The molecule has 0 aromatic heterocycles. The molecule has 1 saturated heterocycles. The van der Waals surface area contributed by atoms with Gasteiger partial charge in [0.15, 0.2) is 24.6 Å². The summed E-state index contributed by atoms with van der Waals surface area (Å²) in [6, 6.07) is 16.2. The molecule has 46 heavy (non-hydrogen) atoms. The lowest BCUT2D eigenvalue weighted by Crippen LogP contribution is -2.63. The van der Waals surface area contributed by atoms with Crippen LogP contribution in [0.4, 0.5) is 4.79 Å². The Labute approximate surface area is 266 Å². The van der Waals surface area contributed by atoms with Crippen LogP contribution in [0.2, 0.25) is 0 Å². The van der Waals surface area contributed by atoms with Gasteiger partial charge in [0.1, 0.15) is 19.3 Å². The van der Waals surface area contributed by atoms with Gasteiger partial charge in [-0.2, -0.15) is 0 Å². The summed E-state index contributed by atoms with van der Waals surface area (Å²) in [5.74, 6) is -2.83. The summed E-state index contributed by atoms with van der Waals surface area (Å²) < 4.78 is 38.5. The first-order valence-electron chi connectivity index (χ1n) is 15.1. The Balaban J connectivity index is 1.29. The first-order chi connectivity index (χ1) is 22.0. The van der Waals surface area contributed by atoms with Crippen molar-refractivity contribution in [2.24, 2.45) is 0 Å². The second-order valence-electron chi connectivity index (χ2n) is 10.9. The number of carbonyl (C=O) groups excluding carboxylic acids is 5. The van der Waals surface area contributed by atoms with E-state index in [2.05, 4.69) is 17.4 Å². The molecule has 1 aliphatic carbocycles. The van der Waals surface area contributed by atoms with E-state index in [9.17, 15) is 24.0 Å². The molecule has 5 unspecified atom stereocenters. The molecule has 2 aromatic rings. The number of amides is 1. The highest BCUT2D eigenvalue weighted by atomic mass is 16.7. The molecule has 2 aliphatic rings. The van der Waals surface area contributed by atoms with Gasteiger partial charge in [-0.1, -0.05) is 48.5 Å². The Kier molecular flexibility index (Phi) is 12.1. The first kappa shape index (κ1) is 34.4. The largest absolute Gasteiger partial charge is 0.463 e. The summed E-state index contributed by atoms with van der Waals surface area (Å²) in [7, 11) is 0. The van der Waals surface area contributed by atoms with Crippen molar-refractivity contribution in [3.05, 3.63) is 59.7 Å². The van der Waals surface area contributed by atoms with Gasteiger partial charge in [0.25, 0.3) is 0 Å². The highest BCUT2D eigenvalue weighted by Crippen LogP contribution is 2.44. The molecule has 1 N–H and O–H groups in total. The van der Waals surface area contributed by atoms with Crippen LogP contribution in [-0.2, 0) is 52.3 Å². The summed E-state index contributed by atoms with van der Waals surface area (Å²) in [6.45, 7) is 4.90. The van der Waals surface area contributed by atoms with E-state index in [-0.39, 0.29) is 25.7 Å². The number of fused-ring (bicyclic) bond motifs is 3. The molecule has 1 heterocycles. The molecule has 13 heteroatoms. The number of rotatable bonds is 13. The molecule has 2 aromatic carbocycles. The van der Waals surface area contributed by atoms with Crippen LogP contribution in [0.15, 0.2) is 48.5 Å². The molecule has 248 valence electrons. The van der Waals surface area contributed by atoms with E-state index in [1.807, 2.05) is 36.4 Å². The van der Waals surface area contributed by atoms with Crippen LogP contribution in [0.1, 0.15) is 57.6 Å². The minimum absolute atomic E-state index is 0.0480. The molecule has 0 radical (unpaired) electrons. The Hall–Kier alpha value is -4.49. The highest BCUT2D eigenvalue weighted by Gasteiger charge is 2.52. The van der Waals surface area contributed by atoms with Crippen molar-refractivity contribution < 1.29 is 57.1 Å². The van der Waals surface area contributed by atoms with Crippen molar-refractivity contribution in [1.29, 1.82) is 0 Å². The maximum atomic E-state index is 12.5. The van der Waals surface area contributed by atoms with Gasteiger partial charge in [0, 0.05) is 46.8 Å². The summed E-state index contributed by atoms with van der Waals surface area (Å²) in [5.41, 5.74) is 4.53. The molecule has 1 fully saturated rings. The van der Waals surface area contributed by atoms with E-state index in [1.54, 1.807) is 0 Å². The predicted octanol–water partition coefficient (Wildman–Crippen LogP) is 3.41. The average molecular weight is 642 g/mol. The van der Waals surface area contributed by atoms with Crippen LogP contribution in [0.3, 0.4) is 0 Å². The normalized spacial score (nSPS) is 21.7. The van der Waals surface area contributed by atoms with Crippen molar-refractivity contribution in [3.8, 4) is 11.1 Å². The number of nitrogens with one attached hydrogen (secondary N) is 1. The summed E-state index contributed by atoms with van der Waals surface area (Å²) in [4.78, 5) is 59.7. The van der Waals surface area contributed by atoms with Gasteiger partial charge in [-0.05, 0) is 35.1 Å². The number of carbonyl (C=O) groups is 5. The monoisotopic (exact) mass is 641 g/mol. The topological polar surface area (TPSA) is 162 Å². The molecule has 5 atom stereocenters. The maximum absolute atomic E-state index is 12.5. The molecule has 1 amide bonds. The number of esters is 4. The number of ether oxygens (including phenoxy) is 7. The number of alkyl carbamates (subject to hydrolysis) is 1. The molecule has 0 bridgehead atoms. The van der Waals surface area contributed by atoms with Crippen LogP contribution in [0, 0.1) is 0 Å². The zero-order valence-corrected chi connectivity index (χ0v) is 26.2. The summed E-state index contributed by atoms with van der Waals surface area (Å²) in [5, 5.41) is 2.74. The van der Waals surface area contributed by atoms with Gasteiger partial charge >= 0.3 is 30.0 Å². The Morgan fingerprint density at radius 1 is 0.674 bits per heavy atom. The molecule has 0 saturated carbocycles. The lowest BCUT2D eigenvalue weighted by Gasteiger charge is -2.44. The van der Waals surface area contributed by atoms with Gasteiger partial charge in [-0.25, -0.2) is 4.79 Å². The van der Waals surface area contributed by atoms with Gasteiger partial charge in [-0.15, -0.1) is 0 Å². The van der Waals surface area contributed by atoms with Crippen LogP contribution in [-0.4, -0.2) is 87.0 Å². The third-order valence-corrected chi connectivity index (χ3v) is 7.41. The number of benzene rings is 2. The quantitative estimate of drug-likeness (QED) is 0.193. The fourth-order valence-corrected chi connectivity index (χ4v) is 5.59. The van der Waals surface area contributed by atoms with Crippen molar-refractivity contribution in [1.82, 2.24) is 5.32 Å². The summed E-state index contributed by atoms with van der Waals surface area (Å²) >= 11 is 0. The van der Waals surface area contributed by atoms with Gasteiger partial charge in [-0.3, -0.25) is 19.2 Å². The Morgan fingerprint density at radius 3 is 1.83 bits per heavy atom. The van der Waals surface area contributed by atoms with E-state index in [4.69, 9.17) is 33.2 Å². The standard InChI is InChI=1S/C33H39NO12/c1-19(35)41-18-28-29(43-20(2)36)30(44-21(3)37)31(45-22(4)38)32(46-28)40-16-10-9-15-34-33(39)42-17-27-25-13-7-5-11-23(25)24-12-6-8-14-26(24)27/h5-8,11-14,27-32H,9-10,15-18H2,1-4H3,(H,34,39). The molecular weight excluding hydrogens is 602 g/mol. The van der Waals surface area contributed by atoms with Crippen LogP contribution in [0.5, 0.6) is 0 Å². The Morgan fingerprint density at radius 2 is 1.24 bits per heavy atom. The predicted molar refractivity (Wildman–Crippen MR) is 160 cm³/mol. The molecule has 1 aliphatic heterocycles. The second kappa shape index (κ2) is 16.2. The van der Waals surface area contributed by atoms with Crippen molar-refractivity contribution in [2.45, 2.75) is 77.2 Å². The molecule has 4 rings (SSSR count). The highest BCUT2D eigenvalue weighted by molar-refractivity contribution is 5.79. The van der Waals surface area contributed by atoms with Crippen LogP contribution in [0.25, 0.3) is 11.1 Å². The van der Waals surface area contributed by atoms with Crippen LogP contribution < -0.4 is 5.32 Å². The van der Waals surface area contributed by atoms with Crippen molar-refractivity contribution >= 4 is 30.0 Å². The SMILES string of the molecule is CC(=O)OCC1OC(OCCCCNC(=O)OCC2c3ccccc3-c3ccccc32)C(OC(C)=O)C(OC(C)=O)C1OC(C)=O. The number of unbranched alkanes of at least 4 members (excludes halogenated alkanes) is 1. The van der Waals surface area contributed by atoms with Gasteiger partial charge in [0.05, 0.1) is 0 Å². The fourth-order valence-electron chi connectivity index (χ4n) is 5.59. The minimum atomic E-state index is -1.31. The number of hydrogen-bond donors (Lipinski definition) is 1. The van der Waals surface area contributed by atoms with E-state index >= 15 is 0 Å². The zero-order chi connectivity index (χ0) is 33.2. The van der Waals surface area contributed by atoms with Gasteiger partial charge in [0.2, 0.25) is 0 Å². The Bertz CT molecular complexity index is 1370. The van der Waals surface area contributed by atoms with Crippen molar-refractivity contribution in [2.75, 3.05) is 26.4 Å². The fraction of sp³-hybridized carbons (Fsp3) is 0.485. The minimum Gasteiger partial charge on any atom is -0.463 e. The molecule has 0 spiro atoms. The maximum Gasteiger partial charge on any atom is 0.407 e. The summed E-state index contributed by atoms with van der Waals surface area (Å²) in [6.07, 6.45) is -5.78. The van der Waals surface area contributed by atoms with E-state index < -0.39 is 60.7 Å². The molecular formula is C33H39NO12. The lowest BCUT2D eigenvalue weighted by atomic mass is 9.98. The number of hydrogen-bond acceptors (Lipinski definition) is 12. The molecule has 13 nitrogen and oxygen atoms in total. The average Bonchev–Trinajstić information content (AvgIpc) is 3.32.